The van der Waals surface area contributed by atoms with E-state index in [1.807, 2.05) is 30.3 Å². The van der Waals surface area contributed by atoms with E-state index in [4.69, 9.17) is 10.5 Å². The molecule has 4 aromatic carbocycles. The first-order chi connectivity index (χ1) is 19.8. The number of benzene rings is 4. The molecule has 0 unspecified atom stereocenters. The molecule has 0 saturated heterocycles. The second-order valence-electron chi connectivity index (χ2n) is 9.25. The standard InChI is InChI=1S/C30H24N4O5S2.Na/c31-29-21-8-2-1-7-20(21)27(41(36,37)38)16-24(29)34-33-18-10-12-23(32-17-18)28-25(39-15-5-14-35)13-11-22-19-6-3-4-9-26(19)40-30(22)28;/h1-4,6-13,16-17,35H,5,14-15,31H2,(H,36,37,38);/q;+1/p-1. The van der Waals surface area contributed by atoms with Crippen molar-refractivity contribution in [2.75, 3.05) is 18.9 Å². The molecule has 9 nitrogen and oxygen atoms in total. The number of hydrogen-bond donors (Lipinski definition) is 2. The normalized spacial score (nSPS) is 11.9. The van der Waals surface area contributed by atoms with Crippen molar-refractivity contribution in [1.29, 1.82) is 0 Å². The maximum atomic E-state index is 11.9. The molecule has 2 heterocycles. The van der Waals surface area contributed by atoms with Gasteiger partial charge < -0.3 is 20.1 Å². The Hall–Kier alpha value is -3.42. The largest absolute Gasteiger partial charge is 1.00 e. The van der Waals surface area contributed by atoms with E-state index in [9.17, 15) is 18.1 Å². The van der Waals surface area contributed by atoms with Crippen LogP contribution in [0.3, 0.4) is 0 Å². The first kappa shape index (κ1) is 30.1. The number of nitrogen functional groups attached to an aromatic ring is 1. The summed E-state index contributed by atoms with van der Waals surface area (Å²) in [6.07, 6.45) is 2.05. The molecule has 6 rings (SSSR count). The molecule has 6 aromatic rings. The van der Waals surface area contributed by atoms with Crippen LogP contribution in [0.1, 0.15) is 6.42 Å². The summed E-state index contributed by atoms with van der Waals surface area (Å²) in [5.74, 6) is 0.662. The molecule has 0 radical (unpaired) electrons. The number of nitrogens with two attached hydrogens (primary N) is 1. The van der Waals surface area contributed by atoms with Gasteiger partial charge in [0.05, 0.1) is 34.6 Å². The Morgan fingerprint density at radius 2 is 1.67 bits per heavy atom. The number of aliphatic hydroxyl groups excluding tert-OH is 1. The fourth-order valence-corrected chi connectivity index (χ4v) is 6.68. The van der Waals surface area contributed by atoms with Gasteiger partial charge in [-0.2, -0.15) is 0 Å². The molecule has 0 spiro atoms. The Kier molecular flexibility index (Phi) is 8.90. The molecule has 206 valence electrons. The van der Waals surface area contributed by atoms with Gasteiger partial charge in [0.1, 0.15) is 27.2 Å². The fraction of sp³-hybridized carbons (Fsp3) is 0.100. The quantitative estimate of drug-likeness (QED) is 0.0876. The number of aliphatic hydroxyl groups is 1. The Morgan fingerprint density at radius 1 is 0.929 bits per heavy atom. The zero-order valence-electron chi connectivity index (χ0n) is 22.5. The molecule has 0 atom stereocenters. The Bertz CT molecular complexity index is 2060. The summed E-state index contributed by atoms with van der Waals surface area (Å²) >= 11 is 1.65. The number of pyridine rings is 1. The fourth-order valence-electron chi connectivity index (χ4n) is 4.73. The SMILES string of the molecule is Nc1c(N=Nc2ccc(-c3c(OCCCO)ccc4c3sc3ccccc34)nc2)cc(S(=O)(=O)[O-])c2ccccc12.[Na+]. The van der Waals surface area contributed by atoms with E-state index in [1.165, 1.54) is 6.07 Å². The van der Waals surface area contributed by atoms with E-state index < -0.39 is 15.0 Å². The average Bonchev–Trinajstić information content (AvgIpc) is 3.35. The van der Waals surface area contributed by atoms with E-state index in [0.29, 0.717) is 35.5 Å². The van der Waals surface area contributed by atoms with Gasteiger partial charge in [0.15, 0.2) is 0 Å². The van der Waals surface area contributed by atoms with Crippen molar-refractivity contribution < 1.29 is 52.4 Å². The predicted octanol–water partition coefficient (Wildman–Crippen LogP) is 3.94. The molecule has 0 fully saturated rings. The number of rotatable bonds is 8. The van der Waals surface area contributed by atoms with Crippen LogP contribution in [0.4, 0.5) is 17.1 Å². The minimum atomic E-state index is -4.77. The molecule has 0 aliphatic carbocycles. The van der Waals surface area contributed by atoms with E-state index in [1.54, 1.807) is 41.8 Å². The topological polar surface area (TPSA) is 150 Å². The van der Waals surface area contributed by atoms with Crippen molar-refractivity contribution in [1.82, 2.24) is 4.98 Å². The minimum Gasteiger partial charge on any atom is -0.744 e. The molecule has 12 heteroatoms. The van der Waals surface area contributed by atoms with Crippen molar-refractivity contribution in [2.45, 2.75) is 11.3 Å². The van der Waals surface area contributed by atoms with Gasteiger partial charge in [0.25, 0.3) is 0 Å². The third-order valence-electron chi connectivity index (χ3n) is 6.64. The van der Waals surface area contributed by atoms with Crippen LogP contribution in [0.15, 0.2) is 100 Å². The van der Waals surface area contributed by atoms with E-state index in [-0.39, 0.29) is 52.9 Å². The number of ether oxygens (including phenoxy) is 1. The number of aromatic nitrogens is 1. The van der Waals surface area contributed by atoms with Gasteiger partial charge in [-0.1, -0.05) is 42.5 Å². The molecular weight excluding hydrogens is 583 g/mol. The Balaban J connectivity index is 0.00000353. The van der Waals surface area contributed by atoms with Crippen LogP contribution in [0.5, 0.6) is 5.75 Å². The number of azo groups is 1. The van der Waals surface area contributed by atoms with Gasteiger partial charge in [0.2, 0.25) is 0 Å². The first-order valence-corrected chi connectivity index (χ1v) is 14.9. The summed E-state index contributed by atoms with van der Waals surface area (Å²) in [6, 6.07) is 23.3. The van der Waals surface area contributed by atoms with Crippen molar-refractivity contribution in [3.05, 3.63) is 85.1 Å². The summed E-state index contributed by atoms with van der Waals surface area (Å²) in [5.41, 5.74) is 8.44. The number of thiophene rings is 1. The molecular formula is C30H23N4NaO5S2. The summed E-state index contributed by atoms with van der Waals surface area (Å²) < 4.78 is 44.0. The summed E-state index contributed by atoms with van der Waals surface area (Å²) in [4.78, 5) is 4.24. The minimum absolute atomic E-state index is 0. The van der Waals surface area contributed by atoms with Crippen LogP contribution >= 0.6 is 11.3 Å². The number of hydrogen-bond acceptors (Lipinski definition) is 10. The maximum Gasteiger partial charge on any atom is 1.00 e. The average molecular weight is 607 g/mol. The van der Waals surface area contributed by atoms with Gasteiger partial charge in [-0.3, -0.25) is 4.98 Å². The summed E-state index contributed by atoms with van der Waals surface area (Å²) in [5, 5.41) is 20.5. The molecule has 0 bridgehead atoms. The number of fused-ring (bicyclic) bond motifs is 4. The Labute approximate surface area is 267 Å². The first-order valence-electron chi connectivity index (χ1n) is 12.7. The van der Waals surface area contributed by atoms with Gasteiger partial charge in [-0.05, 0) is 36.4 Å². The van der Waals surface area contributed by atoms with Crippen molar-refractivity contribution in [3.63, 3.8) is 0 Å². The van der Waals surface area contributed by atoms with Crippen LogP contribution in [0.2, 0.25) is 0 Å². The molecule has 3 N–H and O–H groups in total. The van der Waals surface area contributed by atoms with Gasteiger partial charge in [-0.15, -0.1) is 21.6 Å². The molecule has 42 heavy (non-hydrogen) atoms. The van der Waals surface area contributed by atoms with Crippen LogP contribution in [-0.2, 0) is 10.1 Å². The molecule has 0 aliphatic heterocycles. The second kappa shape index (κ2) is 12.4. The zero-order chi connectivity index (χ0) is 28.6. The number of anilines is 1. The van der Waals surface area contributed by atoms with Gasteiger partial charge in [0, 0.05) is 44.0 Å². The second-order valence-corrected chi connectivity index (χ2v) is 11.6. The van der Waals surface area contributed by atoms with Crippen molar-refractivity contribution in [2.24, 2.45) is 10.2 Å². The monoisotopic (exact) mass is 606 g/mol. The van der Waals surface area contributed by atoms with Crippen LogP contribution in [0.25, 0.3) is 42.2 Å². The van der Waals surface area contributed by atoms with E-state index in [0.717, 1.165) is 31.8 Å². The van der Waals surface area contributed by atoms with E-state index >= 15 is 0 Å². The van der Waals surface area contributed by atoms with E-state index in [2.05, 4.69) is 27.3 Å². The maximum absolute atomic E-state index is 11.9. The third-order valence-corrected chi connectivity index (χ3v) is 8.72. The van der Waals surface area contributed by atoms with Crippen molar-refractivity contribution in [3.8, 4) is 17.0 Å². The van der Waals surface area contributed by atoms with Gasteiger partial charge >= 0.3 is 29.6 Å². The summed E-state index contributed by atoms with van der Waals surface area (Å²) in [7, 11) is -4.77. The molecule has 2 aromatic heterocycles. The zero-order valence-corrected chi connectivity index (χ0v) is 26.2. The van der Waals surface area contributed by atoms with Gasteiger partial charge in [-0.25, -0.2) is 8.42 Å². The molecule has 0 amide bonds. The molecule has 0 aliphatic rings. The summed E-state index contributed by atoms with van der Waals surface area (Å²) in [6.45, 7) is 0.392. The smallest absolute Gasteiger partial charge is 0.744 e. The van der Waals surface area contributed by atoms with Crippen molar-refractivity contribution >= 4 is 69.5 Å². The third kappa shape index (κ3) is 5.77. The predicted molar refractivity (Wildman–Crippen MR) is 160 cm³/mol. The van der Waals surface area contributed by atoms with Crippen LogP contribution < -0.4 is 40.0 Å². The van der Waals surface area contributed by atoms with Crippen LogP contribution in [-0.4, -0.2) is 36.3 Å². The van der Waals surface area contributed by atoms with Crippen LogP contribution in [0, 0.1) is 0 Å². The number of nitrogens with zero attached hydrogens (tertiary/aromatic N) is 3. The Morgan fingerprint density at radius 3 is 2.38 bits per heavy atom. The molecule has 0 saturated carbocycles.